The van der Waals surface area contributed by atoms with Crippen molar-refractivity contribution in [3.8, 4) is 16.5 Å². The predicted molar refractivity (Wildman–Crippen MR) is 152 cm³/mol. The maximum atomic E-state index is 12.8. The number of hydrogen-bond donors (Lipinski definition) is 4. The third-order valence-electron chi connectivity index (χ3n) is 7.59. The van der Waals surface area contributed by atoms with Crippen LogP contribution in [0.1, 0.15) is 31.1 Å². The van der Waals surface area contributed by atoms with Crippen molar-refractivity contribution in [2.24, 2.45) is 0 Å². The Morgan fingerprint density at radius 2 is 1.79 bits per heavy atom. The summed E-state index contributed by atoms with van der Waals surface area (Å²) >= 11 is 1.51. The smallest absolute Gasteiger partial charge is 0.262 e. The summed E-state index contributed by atoms with van der Waals surface area (Å²) in [5, 5.41) is 44.2. The van der Waals surface area contributed by atoms with E-state index in [0.29, 0.717) is 5.57 Å². The van der Waals surface area contributed by atoms with Gasteiger partial charge in [-0.3, -0.25) is 4.79 Å². The topological polar surface area (TPSA) is 126 Å². The lowest BCUT2D eigenvalue weighted by Crippen LogP contribution is -2.56. The zero-order valence-electron chi connectivity index (χ0n) is 21.8. The van der Waals surface area contributed by atoms with Gasteiger partial charge in [0.15, 0.2) is 0 Å². The third kappa shape index (κ3) is 5.86. The Hall–Kier alpha value is -3.26. The number of nitrogens with zero attached hydrogens (tertiary/aromatic N) is 2. The minimum Gasteiger partial charge on any atom is -0.388 e. The fourth-order valence-corrected chi connectivity index (χ4v) is 6.20. The fraction of sp³-hybridized carbons (Fsp3) is 0.400. The van der Waals surface area contributed by atoms with Crippen molar-refractivity contribution < 1.29 is 24.9 Å². The maximum absolute atomic E-state index is 12.8. The fourth-order valence-electron chi connectivity index (χ4n) is 5.19. The van der Waals surface area contributed by atoms with Crippen LogP contribution < -0.4 is 10.2 Å². The first-order chi connectivity index (χ1) is 18.9. The third-order valence-corrected chi connectivity index (χ3v) is 8.84. The SMILES string of the molecule is C/C(=C(/C#N)C(=O)NC[C@H]1OC[C@H](O)[C@@H](O)[C@@H]1O)c1ccc(-c2ccc3cc(N4CCCCC4)ccc3c2)s1. The highest BCUT2D eigenvalue weighted by Crippen LogP contribution is 2.35. The van der Waals surface area contributed by atoms with Gasteiger partial charge in [0.2, 0.25) is 0 Å². The molecule has 4 atom stereocenters. The first-order valence-electron chi connectivity index (χ1n) is 13.3. The molecule has 3 aromatic rings. The number of benzene rings is 2. The Kier molecular flexibility index (Phi) is 8.31. The lowest BCUT2D eigenvalue weighted by molar-refractivity contribution is -0.185. The highest BCUT2D eigenvalue weighted by molar-refractivity contribution is 7.16. The minimum atomic E-state index is -1.36. The zero-order valence-corrected chi connectivity index (χ0v) is 22.7. The molecule has 2 aliphatic heterocycles. The van der Waals surface area contributed by atoms with Crippen LogP contribution in [0.25, 0.3) is 26.8 Å². The second kappa shape index (κ2) is 11.9. The van der Waals surface area contributed by atoms with E-state index in [9.17, 15) is 25.4 Å². The summed E-state index contributed by atoms with van der Waals surface area (Å²) in [6.07, 6.45) is -0.974. The van der Waals surface area contributed by atoms with Gasteiger partial charge in [-0.1, -0.05) is 18.2 Å². The van der Waals surface area contributed by atoms with E-state index >= 15 is 0 Å². The summed E-state index contributed by atoms with van der Waals surface area (Å²) in [5.41, 5.74) is 2.87. The molecule has 204 valence electrons. The Balaban J connectivity index is 1.30. The van der Waals surface area contributed by atoms with E-state index in [1.54, 1.807) is 6.92 Å². The van der Waals surface area contributed by atoms with Gasteiger partial charge in [-0.15, -0.1) is 11.3 Å². The molecular formula is C30H33N3O5S. The van der Waals surface area contributed by atoms with Crippen molar-refractivity contribution in [3.63, 3.8) is 0 Å². The normalized spacial score (nSPS) is 24.2. The van der Waals surface area contributed by atoms with Gasteiger partial charge in [0.05, 0.1) is 6.61 Å². The molecule has 39 heavy (non-hydrogen) atoms. The number of anilines is 1. The van der Waals surface area contributed by atoms with Crippen LogP contribution in [-0.2, 0) is 9.53 Å². The van der Waals surface area contributed by atoms with Crippen LogP contribution in [0, 0.1) is 11.3 Å². The molecular weight excluding hydrogens is 514 g/mol. The van der Waals surface area contributed by atoms with Gasteiger partial charge in [0, 0.05) is 35.1 Å². The van der Waals surface area contributed by atoms with Crippen molar-refractivity contribution in [1.29, 1.82) is 5.26 Å². The Bertz CT molecular complexity index is 1420. The van der Waals surface area contributed by atoms with Gasteiger partial charge >= 0.3 is 0 Å². The summed E-state index contributed by atoms with van der Waals surface area (Å²) < 4.78 is 5.33. The van der Waals surface area contributed by atoms with Crippen LogP contribution in [-0.4, -0.2) is 71.9 Å². The first kappa shape index (κ1) is 27.3. The number of ether oxygens (including phenoxy) is 1. The second-order valence-corrected chi connectivity index (χ2v) is 11.3. The number of rotatable bonds is 6. The summed E-state index contributed by atoms with van der Waals surface area (Å²) in [4.78, 5) is 17.1. The summed E-state index contributed by atoms with van der Waals surface area (Å²) in [5.74, 6) is -0.587. The van der Waals surface area contributed by atoms with Crippen molar-refractivity contribution in [3.05, 3.63) is 59.0 Å². The molecule has 0 saturated carbocycles. The molecule has 4 N–H and O–H groups in total. The number of carbonyl (C=O) groups is 1. The number of amides is 1. The Morgan fingerprint density at radius 1 is 1.05 bits per heavy atom. The monoisotopic (exact) mass is 547 g/mol. The number of nitriles is 1. The van der Waals surface area contributed by atoms with E-state index in [-0.39, 0.29) is 18.7 Å². The quantitative estimate of drug-likeness (QED) is 0.275. The summed E-state index contributed by atoms with van der Waals surface area (Å²) in [6.45, 7) is 3.71. The lowest BCUT2D eigenvalue weighted by Gasteiger charge is -2.35. The molecule has 3 heterocycles. The average Bonchev–Trinajstić information content (AvgIpc) is 3.46. The van der Waals surface area contributed by atoms with Crippen LogP contribution in [0.2, 0.25) is 0 Å². The number of hydrogen-bond acceptors (Lipinski definition) is 8. The molecule has 5 rings (SSSR count). The van der Waals surface area contributed by atoms with Crippen LogP contribution >= 0.6 is 11.3 Å². The van der Waals surface area contributed by atoms with Crippen LogP contribution in [0.4, 0.5) is 5.69 Å². The van der Waals surface area contributed by atoms with E-state index in [1.165, 1.54) is 41.7 Å². The first-order valence-corrected chi connectivity index (χ1v) is 14.1. The lowest BCUT2D eigenvalue weighted by atomic mass is 10.00. The van der Waals surface area contributed by atoms with Crippen molar-refractivity contribution >= 4 is 39.3 Å². The van der Waals surface area contributed by atoms with Crippen LogP contribution in [0.3, 0.4) is 0 Å². The Morgan fingerprint density at radius 3 is 2.56 bits per heavy atom. The van der Waals surface area contributed by atoms with E-state index in [2.05, 4.69) is 46.6 Å². The molecule has 2 saturated heterocycles. The number of carbonyl (C=O) groups excluding carboxylic acids is 1. The highest BCUT2D eigenvalue weighted by Gasteiger charge is 2.37. The molecule has 0 radical (unpaired) electrons. The van der Waals surface area contributed by atoms with Crippen molar-refractivity contribution in [1.82, 2.24) is 5.32 Å². The zero-order chi connectivity index (χ0) is 27.5. The molecule has 8 nitrogen and oxygen atoms in total. The van der Waals surface area contributed by atoms with E-state index in [4.69, 9.17) is 4.74 Å². The van der Waals surface area contributed by atoms with Crippen molar-refractivity contribution in [2.75, 3.05) is 31.1 Å². The minimum absolute atomic E-state index is 0.0296. The number of nitrogens with one attached hydrogen (secondary N) is 1. The van der Waals surface area contributed by atoms with Gasteiger partial charge in [0.25, 0.3) is 5.91 Å². The summed E-state index contributed by atoms with van der Waals surface area (Å²) in [6, 6.07) is 19.0. The largest absolute Gasteiger partial charge is 0.388 e. The number of thiophene rings is 1. The van der Waals surface area contributed by atoms with Crippen molar-refractivity contribution in [2.45, 2.75) is 50.6 Å². The van der Waals surface area contributed by atoms with Gasteiger partial charge < -0.3 is 30.3 Å². The molecule has 0 unspecified atom stereocenters. The molecule has 2 aromatic carbocycles. The van der Waals surface area contributed by atoms with Crippen LogP contribution in [0.15, 0.2) is 54.1 Å². The highest BCUT2D eigenvalue weighted by atomic mass is 32.1. The number of piperidine rings is 1. The van der Waals surface area contributed by atoms with E-state index in [1.807, 2.05) is 18.2 Å². The standard InChI is InChI=1S/C30H33N3O5S/c1-18(23(15-31)30(37)32-16-25-29(36)28(35)24(34)17-38-25)26-9-10-27(39-26)21-6-5-20-14-22(8-7-19(20)13-21)33-11-3-2-4-12-33/h5-10,13-14,24-25,28-29,34-36H,2-4,11-12,16-17H2,1H3,(H,32,37)/b23-18+/t24-,25+,28+,29+/m0/s1. The van der Waals surface area contributed by atoms with Gasteiger partial charge in [-0.05, 0) is 78.4 Å². The molecule has 0 bridgehead atoms. The maximum Gasteiger partial charge on any atom is 0.262 e. The Labute approximate surface area is 231 Å². The van der Waals surface area contributed by atoms with Gasteiger partial charge in [-0.25, -0.2) is 0 Å². The molecule has 0 spiro atoms. The predicted octanol–water partition coefficient (Wildman–Crippen LogP) is 3.45. The molecule has 2 fully saturated rings. The molecule has 9 heteroatoms. The summed E-state index contributed by atoms with van der Waals surface area (Å²) in [7, 11) is 0. The number of aliphatic hydroxyl groups excluding tert-OH is 3. The molecule has 1 aromatic heterocycles. The second-order valence-electron chi connectivity index (χ2n) is 10.2. The average molecular weight is 548 g/mol. The van der Waals surface area contributed by atoms with E-state index < -0.39 is 30.3 Å². The molecule has 2 aliphatic rings. The number of allylic oxidation sites excluding steroid dienone is 1. The van der Waals surface area contributed by atoms with Gasteiger partial charge in [0.1, 0.15) is 36.1 Å². The van der Waals surface area contributed by atoms with Gasteiger partial charge in [-0.2, -0.15) is 5.26 Å². The van der Waals surface area contributed by atoms with Crippen LogP contribution in [0.5, 0.6) is 0 Å². The number of fused-ring (bicyclic) bond motifs is 1. The number of aliphatic hydroxyl groups is 3. The van der Waals surface area contributed by atoms with E-state index in [0.717, 1.165) is 33.8 Å². The molecule has 1 amide bonds. The molecule has 0 aliphatic carbocycles.